The van der Waals surface area contributed by atoms with Crippen molar-refractivity contribution in [2.45, 2.75) is 25.9 Å². The van der Waals surface area contributed by atoms with Crippen LogP contribution < -0.4 is 9.64 Å². The Labute approximate surface area is 141 Å². The fourth-order valence-electron chi connectivity index (χ4n) is 3.12. The second kappa shape index (κ2) is 6.76. The van der Waals surface area contributed by atoms with Crippen LogP contribution in [0.4, 0.5) is 5.82 Å². The van der Waals surface area contributed by atoms with Gasteiger partial charge in [0.15, 0.2) is 0 Å². The van der Waals surface area contributed by atoms with Crippen LogP contribution >= 0.6 is 0 Å². The molecule has 2 aromatic heterocycles. The summed E-state index contributed by atoms with van der Waals surface area (Å²) in [6.07, 6.45) is 8.10. The second-order valence-corrected chi connectivity index (χ2v) is 6.64. The molecule has 0 bridgehead atoms. The summed E-state index contributed by atoms with van der Waals surface area (Å²) in [6, 6.07) is 1.88. The summed E-state index contributed by atoms with van der Waals surface area (Å²) < 4.78 is 13.4. The Balaban J connectivity index is 1.51. The van der Waals surface area contributed by atoms with Crippen molar-refractivity contribution in [1.29, 1.82) is 0 Å². The van der Waals surface area contributed by atoms with Gasteiger partial charge in [-0.3, -0.25) is 0 Å². The average Bonchev–Trinajstić information content (AvgIpc) is 3.37. The van der Waals surface area contributed by atoms with E-state index in [9.17, 15) is 0 Å². The van der Waals surface area contributed by atoms with Gasteiger partial charge in [0.1, 0.15) is 18.0 Å². The zero-order valence-electron chi connectivity index (χ0n) is 14.0. The molecule has 4 rings (SSSR count). The Bertz CT molecular complexity index is 685. The number of hydrogen-bond acceptors (Lipinski definition) is 6. The van der Waals surface area contributed by atoms with Crippen LogP contribution in [-0.2, 0) is 17.8 Å². The summed E-state index contributed by atoms with van der Waals surface area (Å²) in [5.74, 6) is 3.69. The molecule has 1 saturated carbocycles. The highest BCUT2D eigenvalue weighted by molar-refractivity contribution is 5.41. The van der Waals surface area contributed by atoms with Gasteiger partial charge in [-0.15, -0.1) is 0 Å². The zero-order chi connectivity index (χ0) is 16.4. The van der Waals surface area contributed by atoms with E-state index in [2.05, 4.69) is 24.4 Å². The van der Waals surface area contributed by atoms with Crippen LogP contribution in [0.25, 0.3) is 0 Å². The molecule has 1 atom stereocenters. The molecular weight excluding hydrogens is 306 g/mol. The number of imidazole rings is 1. The number of aromatic nitrogens is 4. The highest BCUT2D eigenvalue weighted by Gasteiger charge is 2.26. The third-order valence-corrected chi connectivity index (χ3v) is 4.63. The van der Waals surface area contributed by atoms with E-state index in [1.807, 2.05) is 18.5 Å². The Morgan fingerprint density at radius 3 is 2.83 bits per heavy atom. The third-order valence-electron chi connectivity index (χ3n) is 4.63. The van der Waals surface area contributed by atoms with Crippen LogP contribution in [-0.4, -0.2) is 46.4 Å². The number of ether oxygens (including phenoxy) is 2. The Kier molecular flexibility index (Phi) is 4.34. The van der Waals surface area contributed by atoms with E-state index in [1.165, 1.54) is 12.8 Å². The first-order chi connectivity index (χ1) is 11.8. The summed E-state index contributed by atoms with van der Waals surface area (Å²) in [7, 11) is 1.62. The Morgan fingerprint density at radius 2 is 2.00 bits per heavy atom. The minimum absolute atomic E-state index is 0.403. The monoisotopic (exact) mass is 329 g/mol. The summed E-state index contributed by atoms with van der Waals surface area (Å²) in [5, 5.41) is 0. The first-order valence-corrected chi connectivity index (χ1v) is 8.50. The van der Waals surface area contributed by atoms with Crippen LogP contribution in [0.2, 0.25) is 0 Å². The molecule has 1 aliphatic carbocycles. The maximum absolute atomic E-state index is 5.96. The molecule has 128 valence electrons. The summed E-state index contributed by atoms with van der Waals surface area (Å²) >= 11 is 0. The number of nitrogens with zero attached hydrogens (tertiary/aromatic N) is 5. The predicted molar refractivity (Wildman–Crippen MR) is 88.9 cm³/mol. The lowest BCUT2D eigenvalue weighted by Gasteiger charge is -2.25. The fraction of sp³-hybridized carbons (Fsp3) is 0.588. The SMILES string of the molecule is COc1cc(N2Cc3nccn3CC(COCC3CC3)C2)ncn1. The van der Waals surface area contributed by atoms with Crippen molar-refractivity contribution in [3.63, 3.8) is 0 Å². The summed E-state index contributed by atoms with van der Waals surface area (Å²) in [5.41, 5.74) is 0. The smallest absolute Gasteiger partial charge is 0.218 e. The summed E-state index contributed by atoms with van der Waals surface area (Å²) in [6.45, 7) is 4.21. The van der Waals surface area contributed by atoms with Crippen molar-refractivity contribution in [1.82, 2.24) is 19.5 Å². The molecule has 1 unspecified atom stereocenters. The van der Waals surface area contributed by atoms with Gasteiger partial charge < -0.3 is 18.9 Å². The quantitative estimate of drug-likeness (QED) is 0.804. The van der Waals surface area contributed by atoms with Gasteiger partial charge in [0.2, 0.25) is 5.88 Å². The van der Waals surface area contributed by atoms with Gasteiger partial charge in [0.05, 0.1) is 20.3 Å². The van der Waals surface area contributed by atoms with E-state index in [-0.39, 0.29) is 0 Å². The van der Waals surface area contributed by atoms with E-state index < -0.39 is 0 Å². The second-order valence-electron chi connectivity index (χ2n) is 6.64. The number of hydrogen-bond donors (Lipinski definition) is 0. The normalized spacial score (nSPS) is 20.5. The van der Waals surface area contributed by atoms with E-state index >= 15 is 0 Å². The van der Waals surface area contributed by atoms with Crippen molar-refractivity contribution >= 4 is 5.82 Å². The zero-order valence-corrected chi connectivity index (χ0v) is 14.0. The molecule has 7 nitrogen and oxygen atoms in total. The van der Waals surface area contributed by atoms with Crippen LogP contribution in [0.15, 0.2) is 24.8 Å². The summed E-state index contributed by atoms with van der Waals surface area (Å²) in [4.78, 5) is 15.3. The molecule has 1 fully saturated rings. The number of methoxy groups -OCH3 is 1. The van der Waals surface area contributed by atoms with Crippen LogP contribution in [0.5, 0.6) is 5.88 Å². The lowest BCUT2D eigenvalue weighted by Crippen LogP contribution is -2.31. The maximum Gasteiger partial charge on any atom is 0.218 e. The van der Waals surface area contributed by atoms with E-state index in [4.69, 9.17) is 9.47 Å². The first kappa shape index (κ1) is 15.4. The molecule has 2 aromatic rings. The van der Waals surface area contributed by atoms with Crippen molar-refractivity contribution < 1.29 is 9.47 Å². The van der Waals surface area contributed by atoms with Gasteiger partial charge >= 0.3 is 0 Å². The highest BCUT2D eigenvalue weighted by atomic mass is 16.5. The molecule has 0 saturated heterocycles. The molecule has 2 aliphatic rings. The molecule has 24 heavy (non-hydrogen) atoms. The molecule has 0 amide bonds. The molecule has 0 radical (unpaired) electrons. The highest BCUT2D eigenvalue weighted by Crippen LogP contribution is 2.29. The molecule has 1 aliphatic heterocycles. The number of fused-ring (bicyclic) bond motifs is 1. The van der Waals surface area contributed by atoms with Crippen LogP contribution in [0.1, 0.15) is 18.7 Å². The van der Waals surface area contributed by atoms with Crippen molar-refractivity contribution in [2.24, 2.45) is 11.8 Å². The van der Waals surface area contributed by atoms with Gasteiger partial charge in [-0.25, -0.2) is 15.0 Å². The van der Waals surface area contributed by atoms with E-state index in [0.717, 1.165) is 50.4 Å². The van der Waals surface area contributed by atoms with E-state index in [0.29, 0.717) is 11.8 Å². The lowest BCUT2D eigenvalue weighted by atomic mass is 10.1. The minimum Gasteiger partial charge on any atom is -0.481 e. The Hall–Kier alpha value is -2.15. The maximum atomic E-state index is 5.96. The largest absolute Gasteiger partial charge is 0.481 e. The molecule has 0 N–H and O–H groups in total. The van der Waals surface area contributed by atoms with Crippen molar-refractivity contribution in [2.75, 3.05) is 31.8 Å². The third kappa shape index (κ3) is 3.51. The van der Waals surface area contributed by atoms with Gasteiger partial charge in [-0.1, -0.05) is 0 Å². The van der Waals surface area contributed by atoms with Gasteiger partial charge in [-0.2, -0.15) is 0 Å². The molecular formula is C17H23N5O2. The van der Waals surface area contributed by atoms with Crippen LogP contribution in [0.3, 0.4) is 0 Å². The lowest BCUT2D eigenvalue weighted by molar-refractivity contribution is 0.0883. The topological polar surface area (TPSA) is 65.3 Å². The van der Waals surface area contributed by atoms with Gasteiger partial charge in [0.25, 0.3) is 0 Å². The molecule has 3 heterocycles. The molecule has 0 spiro atoms. The minimum atomic E-state index is 0.403. The van der Waals surface area contributed by atoms with Crippen LogP contribution in [0, 0.1) is 11.8 Å². The molecule has 7 heteroatoms. The Morgan fingerprint density at radius 1 is 1.12 bits per heavy atom. The average molecular weight is 329 g/mol. The predicted octanol–water partition coefficient (Wildman–Crippen LogP) is 1.74. The van der Waals surface area contributed by atoms with Gasteiger partial charge in [0, 0.05) is 44.1 Å². The first-order valence-electron chi connectivity index (χ1n) is 8.50. The number of anilines is 1. The van der Waals surface area contributed by atoms with E-state index in [1.54, 1.807) is 13.4 Å². The van der Waals surface area contributed by atoms with Crippen molar-refractivity contribution in [3.05, 3.63) is 30.6 Å². The number of rotatable bonds is 6. The van der Waals surface area contributed by atoms with Crippen molar-refractivity contribution in [3.8, 4) is 5.88 Å². The molecule has 0 aromatic carbocycles. The fourth-order valence-corrected chi connectivity index (χ4v) is 3.12. The standard InChI is InChI=1S/C17H23N5O2/c1-23-17-6-15(19-12-20-17)22-8-14(11-24-10-13-2-3-13)7-21-5-4-18-16(21)9-22/h4-6,12-14H,2-3,7-11H2,1H3. The van der Waals surface area contributed by atoms with Gasteiger partial charge in [-0.05, 0) is 18.8 Å².